The molecule has 1 heterocycles. The van der Waals surface area contributed by atoms with Crippen LogP contribution in [0.5, 0.6) is 11.5 Å². The number of benzene rings is 1. The third-order valence-corrected chi connectivity index (χ3v) is 4.10. The molecular formula is C20H24N2O4. The number of hydrogen-bond donors (Lipinski definition) is 1. The second kappa shape index (κ2) is 7.52. The maximum Gasteiger partial charge on any atom is 0.264 e. The van der Waals surface area contributed by atoms with Crippen molar-refractivity contribution in [1.82, 2.24) is 0 Å². The lowest BCUT2D eigenvalue weighted by Crippen LogP contribution is -2.22. The number of carbonyl (C=O) groups excluding carboxylic acids is 1. The van der Waals surface area contributed by atoms with Crippen molar-refractivity contribution in [3.8, 4) is 17.6 Å². The summed E-state index contributed by atoms with van der Waals surface area (Å²) < 4.78 is 16.4. The summed E-state index contributed by atoms with van der Waals surface area (Å²) in [6.07, 6.45) is 0. The summed E-state index contributed by atoms with van der Waals surface area (Å²) in [6, 6.07) is 7.52. The molecule has 6 nitrogen and oxygen atoms in total. The van der Waals surface area contributed by atoms with E-state index in [4.69, 9.17) is 13.9 Å². The fraction of sp³-hybridized carbons (Fsp3) is 0.400. The summed E-state index contributed by atoms with van der Waals surface area (Å²) in [4.78, 5) is 12.2. The number of hydrogen-bond acceptors (Lipinski definition) is 5. The van der Waals surface area contributed by atoms with Gasteiger partial charge < -0.3 is 13.9 Å². The van der Waals surface area contributed by atoms with E-state index in [1.807, 2.05) is 12.1 Å². The summed E-state index contributed by atoms with van der Waals surface area (Å²) in [5.41, 5.74) is 1.81. The Bertz CT molecular complexity index is 854. The van der Waals surface area contributed by atoms with Crippen molar-refractivity contribution in [2.75, 3.05) is 19.0 Å². The van der Waals surface area contributed by atoms with Gasteiger partial charge in [0.15, 0.2) is 6.61 Å². The number of ether oxygens (including phenoxy) is 2. The molecule has 1 N–H and O–H groups in total. The molecule has 6 heteroatoms. The number of anilines is 1. The predicted octanol–water partition coefficient (Wildman–Crippen LogP) is 4.09. The molecule has 0 aliphatic carbocycles. The Morgan fingerprint density at radius 3 is 2.58 bits per heavy atom. The average molecular weight is 356 g/mol. The highest BCUT2D eigenvalue weighted by Gasteiger charge is 2.21. The van der Waals surface area contributed by atoms with Crippen molar-refractivity contribution < 1.29 is 18.7 Å². The van der Waals surface area contributed by atoms with Gasteiger partial charge in [0.25, 0.3) is 5.91 Å². The molecule has 1 amide bonds. The highest BCUT2D eigenvalue weighted by atomic mass is 16.5. The van der Waals surface area contributed by atoms with Crippen LogP contribution in [0, 0.1) is 25.2 Å². The second-order valence-electron chi connectivity index (χ2n) is 7.05. The van der Waals surface area contributed by atoms with E-state index < -0.39 is 5.91 Å². The molecule has 2 rings (SSSR count). The van der Waals surface area contributed by atoms with Crippen LogP contribution in [-0.2, 0) is 10.2 Å². The van der Waals surface area contributed by atoms with E-state index in [-0.39, 0.29) is 17.9 Å². The van der Waals surface area contributed by atoms with E-state index in [0.29, 0.717) is 22.6 Å². The Balaban J connectivity index is 2.13. The van der Waals surface area contributed by atoms with Gasteiger partial charge in [-0.05, 0) is 37.5 Å². The smallest absolute Gasteiger partial charge is 0.264 e. The van der Waals surface area contributed by atoms with E-state index >= 15 is 0 Å². The number of nitriles is 1. The third kappa shape index (κ3) is 4.17. The van der Waals surface area contributed by atoms with Crippen molar-refractivity contribution in [2.45, 2.75) is 40.0 Å². The van der Waals surface area contributed by atoms with E-state index in [1.54, 1.807) is 33.1 Å². The van der Waals surface area contributed by atoms with Gasteiger partial charge in [-0.25, -0.2) is 0 Å². The minimum Gasteiger partial charge on any atom is -0.497 e. The molecule has 1 aromatic heterocycles. The van der Waals surface area contributed by atoms with Crippen LogP contribution in [0.15, 0.2) is 22.6 Å². The van der Waals surface area contributed by atoms with Crippen molar-refractivity contribution in [3.63, 3.8) is 0 Å². The molecule has 0 atom stereocenters. The number of carbonyl (C=O) groups is 1. The van der Waals surface area contributed by atoms with E-state index in [0.717, 1.165) is 11.3 Å². The van der Waals surface area contributed by atoms with Gasteiger partial charge in [0.1, 0.15) is 28.9 Å². The van der Waals surface area contributed by atoms with E-state index in [1.165, 1.54) is 0 Å². The lowest BCUT2D eigenvalue weighted by Gasteiger charge is -2.23. The fourth-order valence-electron chi connectivity index (χ4n) is 2.50. The number of methoxy groups -OCH3 is 1. The predicted molar refractivity (Wildman–Crippen MR) is 98.7 cm³/mol. The van der Waals surface area contributed by atoms with Crippen LogP contribution < -0.4 is 14.8 Å². The first-order chi connectivity index (χ1) is 12.2. The van der Waals surface area contributed by atoms with Crippen molar-refractivity contribution >= 4 is 11.8 Å². The molecule has 0 saturated heterocycles. The Labute approximate surface area is 153 Å². The van der Waals surface area contributed by atoms with Gasteiger partial charge in [0.2, 0.25) is 5.88 Å². The molecular weight excluding hydrogens is 332 g/mol. The first kappa shape index (κ1) is 19.4. The van der Waals surface area contributed by atoms with Gasteiger partial charge in [-0.15, -0.1) is 0 Å². The van der Waals surface area contributed by atoms with Gasteiger partial charge >= 0.3 is 0 Å². The van der Waals surface area contributed by atoms with E-state index in [2.05, 4.69) is 26.1 Å². The van der Waals surface area contributed by atoms with Crippen molar-refractivity contribution in [2.24, 2.45) is 0 Å². The van der Waals surface area contributed by atoms with Gasteiger partial charge in [-0.2, -0.15) is 5.26 Å². The Morgan fingerprint density at radius 1 is 1.31 bits per heavy atom. The van der Waals surface area contributed by atoms with Crippen LogP contribution >= 0.6 is 0 Å². The summed E-state index contributed by atoms with van der Waals surface area (Å²) >= 11 is 0. The zero-order chi connectivity index (χ0) is 19.5. The lowest BCUT2D eigenvalue weighted by molar-refractivity contribution is -0.118. The van der Waals surface area contributed by atoms with Crippen LogP contribution in [0.1, 0.15) is 43.2 Å². The summed E-state index contributed by atoms with van der Waals surface area (Å²) in [5, 5.41) is 11.8. The zero-order valence-corrected chi connectivity index (χ0v) is 16.0. The Hall–Kier alpha value is -2.94. The van der Waals surface area contributed by atoms with Gasteiger partial charge in [-0.3, -0.25) is 10.1 Å². The first-order valence-electron chi connectivity index (χ1n) is 8.28. The number of aryl methyl sites for hydroxylation is 1. The maximum atomic E-state index is 12.2. The lowest BCUT2D eigenvalue weighted by atomic mass is 9.86. The number of rotatable bonds is 5. The van der Waals surface area contributed by atoms with Crippen LogP contribution in [0.2, 0.25) is 0 Å². The van der Waals surface area contributed by atoms with Gasteiger partial charge in [-0.1, -0.05) is 20.8 Å². The summed E-state index contributed by atoms with van der Waals surface area (Å²) in [5.74, 6) is 1.70. The second-order valence-corrected chi connectivity index (χ2v) is 7.05. The van der Waals surface area contributed by atoms with Gasteiger partial charge in [0.05, 0.1) is 7.11 Å². The molecule has 0 bridgehead atoms. The zero-order valence-electron chi connectivity index (χ0n) is 16.0. The quantitative estimate of drug-likeness (QED) is 0.872. The van der Waals surface area contributed by atoms with Gasteiger partial charge in [0, 0.05) is 11.1 Å². The monoisotopic (exact) mass is 356 g/mol. The summed E-state index contributed by atoms with van der Waals surface area (Å²) in [6.45, 7) is 9.50. The number of nitrogens with zero attached hydrogens (tertiary/aromatic N) is 1. The average Bonchev–Trinajstić information content (AvgIpc) is 2.85. The third-order valence-electron chi connectivity index (χ3n) is 4.10. The molecule has 26 heavy (non-hydrogen) atoms. The van der Waals surface area contributed by atoms with Crippen molar-refractivity contribution in [3.05, 3.63) is 40.6 Å². The first-order valence-corrected chi connectivity index (χ1v) is 8.28. The summed E-state index contributed by atoms with van der Waals surface area (Å²) in [7, 11) is 1.61. The van der Waals surface area contributed by atoms with E-state index in [9.17, 15) is 10.1 Å². The fourth-order valence-corrected chi connectivity index (χ4v) is 2.50. The molecule has 0 spiro atoms. The normalized spacial score (nSPS) is 11.0. The molecule has 0 aliphatic rings. The van der Waals surface area contributed by atoms with Crippen LogP contribution in [0.4, 0.5) is 5.88 Å². The maximum absolute atomic E-state index is 12.2. The molecule has 138 valence electrons. The highest BCUT2D eigenvalue weighted by molar-refractivity contribution is 5.92. The van der Waals surface area contributed by atoms with Crippen LogP contribution in [-0.4, -0.2) is 19.6 Å². The number of nitrogens with one attached hydrogen (secondary N) is 1. The number of furan rings is 1. The Morgan fingerprint density at radius 2 is 2.00 bits per heavy atom. The van der Waals surface area contributed by atoms with Crippen LogP contribution in [0.25, 0.3) is 0 Å². The topological polar surface area (TPSA) is 84.5 Å². The molecule has 2 aromatic rings. The minimum atomic E-state index is -0.397. The van der Waals surface area contributed by atoms with Crippen LogP contribution in [0.3, 0.4) is 0 Å². The molecule has 0 fully saturated rings. The SMILES string of the molecule is COc1ccc(OCC(=O)Nc2oc(C)c(C)c2C#N)c(C(C)(C)C)c1. The largest absolute Gasteiger partial charge is 0.497 e. The highest BCUT2D eigenvalue weighted by Crippen LogP contribution is 2.34. The minimum absolute atomic E-state index is 0.155. The molecule has 0 saturated carbocycles. The molecule has 1 aromatic carbocycles. The number of amides is 1. The molecule has 0 radical (unpaired) electrons. The standard InChI is InChI=1S/C20H24N2O4/c1-12-13(2)26-19(15(12)10-21)22-18(23)11-25-17-8-7-14(24-6)9-16(17)20(3,4)5/h7-9H,11H2,1-6H3,(H,22,23). The molecule has 0 aliphatic heterocycles. The van der Waals surface area contributed by atoms with Crippen molar-refractivity contribution in [1.29, 1.82) is 5.26 Å². The Kier molecular flexibility index (Phi) is 5.61. The molecule has 0 unspecified atom stereocenters.